The van der Waals surface area contributed by atoms with Gasteiger partial charge < -0.3 is 9.64 Å². The number of fused-ring (bicyclic) bond motifs is 1. The Balaban J connectivity index is 1.41. The third-order valence-corrected chi connectivity index (χ3v) is 6.23. The fourth-order valence-electron chi connectivity index (χ4n) is 3.42. The maximum atomic E-state index is 12.5. The van der Waals surface area contributed by atoms with Crippen LogP contribution in [0.5, 0.6) is 0 Å². The molecule has 1 fully saturated rings. The van der Waals surface area contributed by atoms with Crippen molar-refractivity contribution in [2.45, 2.75) is 19.8 Å². The molecule has 0 N–H and O–H groups in total. The number of hydrogen-bond acceptors (Lipinski definition) is 5. The van der Waals surface area contributed by atoms with Crippen LogP contribution in [0.15, 0.2) is 48.5 Å². The molecular formula is C22H19NO4S. The van der Waals surface area contributed by atoms with Crippen LogP contribution >= 0.6 is 11.3 Å². The van der Waals surface area contributed by atoms with Crippen LogP contribution in [-0.4, -0.2) is 30.8 Å². The van der Waals surface area contributed by atoms with Gasteiger partial charge in [-0.3, -0.25) is 9.59 Å². The first-order valence-corrected chi connectivity index (χ1v) is 9.95. The largest absolute Gasteiger partial charge is 0.454 e. The molecular weight excluding hydrogens is 374 g/mol. The van der Waals surface area contributed by atoms with Gasteiger partial charge in [0.25, 0.3) is 0 Å². The van der Waals surface area contributed by atoms with E-state index in [1.165, 1.54) is 11.3 Å². The Morgan fingerprint density at radius 3 is 2.54 bits per heavy atom. The average molecular weight is 393 g/mol. The molecule has 0 bridgehead atoms. The molecule has 5 nitrogen and oxygen atoms in total. The van der Waals surface area contributed by atoms with Crippen molar-refractivity contribution in [2.75, 3.05) is 18.1 Å². The van der Waals surface area contributed by atoms with Crippen LogP contribution in [0.2, 0.25) is 0 Å². The van der Waals surface area contributed by atoms with E-state index in [0.29, 0.717) is 23.4 Å². The van der Waals surface area contributed by atoms with Gasteiger partial charge in [0.05, 0.1) is 10.4 Å². The number of amides is 1. The first kappa shape index (κ1) is 18.4. The number of benzene rings is 2. The average Bonchev–Trinajstić information content (AvgIpc) is 3.29. The summed E-state index contributed by atoms with van der Waals surface area (Å²) in [6.45, 7) is 2.32. The van der Waals surface area contributed by atoms with Crippen LogP contribution < -0.4 is 4.90 Å². The molecule has 142 valence electrons. The smallest absolute Gasteiger partial charge is 0.338 e. The van der Waals surface area contributed by atoms with Gasteiger partial charge in [0, 0.05) is 23.4 Å². The minimum atomic E-state index is -0.550. The lowest BCUT2D eigenvalue weighted by atomic mass is 10.1. The lowest BCUT2D eigenvalue weighted by Crippen LogP contribution is -2.23. The van der Waals surface area contributed by atoms with Gasteiger partial charge in [-0.05, 0) is 54.6 Å². The summed E-state index contributed by atoms with van der Waals surface area (Å²) < 4.78 is 6.26. The number of hydrogen-bond donors (Lipinski definition) is 0. The molecule has 1 aliphatic heterocycles. The summed E-state index contributed by atoms with van der Waals surface area (Å²) in [5, 5.41) is 1.05. The lowest BCUT2D eigenvalue weighted by Gasteiger charge is -2.15. The second kappa shape index (κ2) is 7.56. The summed E-state index contributed by atoms with van der Waals surface area (Å²) in [6, 6.07) is 14.5. The Bertz CT molecular complexity index is 1070. The second-order valence-corrected chi connectivity index (χ2v) is 7.80. The Hall–Kier alpha value is -2.99. The van der Waals surface area contributed by atoms with E-state index in [2.05, 4.69) is 0 Å². The van der Waals surface area contributed by atoms with Gasteiger partial charge in [-0.2, -0.15) is 0 Å². The normalized spacial score (nSPS) is 13.9. The fourth-order valence-corrected chi connectivity index (χ4v) is 4.55. The van der Waals surface area contributed by atoms with Crippen LogP contribution in [0.25, 0.3) is 10.1 Å². The first-order valence-electron chi connectivity index (χ1n) is 9.13. The van der Waals surface area contributed by atoms with E-state index in [1.807, 2.05) is 31.2 Å². The number of ketones is 1. The molecule has 3 aromatic rings. The van der Waals surface area contributed by atoms with Crippen LogP contribution in [0.3, 0.4) is 0 Å². The maximum Gasteiger partial charge on any atom is 0.338 e. The zero-order chi connectivity index (χ0) is 19.7. The maximum absolute atomic E-state index is 12.5. The molecule has 4 rings (SSSR count). The highest BCUT2D eigenvalue weighted by atomic mass is 32.1. The predicted octanol–water partition coefficient (Wildman–Crippen LogP) is 4.38. The van der Waals surface area contributed by atoms with E-state index >= 15 is 0 Å². The summed E-state index contributed by atoms with van der Waals surface area (Å²) in [7, 11) is 0. The van der Waals surface area contributed by atoms with Crippen LogP contribution in [0.1, 0.15) is 38.4 Å². The molecule has 1 aromatic heterocycles. The lowest BCUT2D eigenvalue weighted by molar-refractivity contribution is -0.117. The molecule has 0 aliphatic carbocycles. The van der Waals surface area contributed by atoms with Crippen LogP contribution in [0.4, 0.5) is 5.69 Å². The minimum Gasteiger partial charge on any atom is -0.454 e. The van der Waals surface area contributed by atoms with Gasteiger partial charge in [0.1, 0.15) is 0 Å². The van der Waals surface area contributed by atoms with E-state index in [4.69, 9.17) is 4.74 Å². The van der Waals surface area contributed by atoms with Gasteiger partial charge in [-0.1, -0.05) is 18.2 Å². The molecule has 0 spiro atoms. The van der Waals surface area contributed by atoms with Crippen molar-refractivity contribution in [1.82, 2.24) is 0 Å². The van der Waals surface area contributed by atoms with Gasteiger partial charge in [0.15, 0.2) is 6.61 Å². The summed E-state index contributed by atoms with van der Waals surface area (Å²) in [5.74, 6) is -0.655. The molecule has 0 saturated carbocycles. The number of aryl methyl sites for hydroxylation is 1. The predicted molar refractivity (Wildman–Crippen MR) is 109 cm³/mol. The summed E-state index contributed by atoms with van der Waals surface area (Å²) in [5.41, 5.74) is 2.05. The molecule has 0 atom stereocenters. The Morgan fingerprint density at radius 1 is 1.11 bits per heavy atom. The number of esters is 1. The highest BCUT2D eigenvalue weighted by Gasteiger charge is 2.22. The Kier molecular flexibility index (Phi) is 4.96. The minimum absolute atomic E-state index is 0.0969. The van der Waals surface area contributed by atoms with E-state index in [-0.39, 0.29) is 18.3 Å². The zero-order valence-electron chi connectivity index (χ0n) is 15.4. The molecule has 2 aromatic carbocycles. The molecule has 1 aliphatic rings. The van der Waals surface area contributed by atoms with Crippen molar-refractivity contribution >= 4 is 44.8 Å². The standard InChI is InChI=1S/C22H19NO4S/c1-14-17-5-2-3-6-19(17)28-21(14)18(24)13-27-22(26)15-8-10-16(11-9-15)23-12-4-7-20(23)25/h2-3,5-6,8-11H,4,7,12-13H2,1H3. The first-order chi connectivity index (χ1) is 13.5. The van der Waals surface area contributed by atoms with E-state index < -0.39 is 5.97 Å². The van der Waals surface area contributed by atoms with E-state index in [1.54, 1.807) is 29.2 Å². The molecule has 0 unspecified atom stereocenters. The molecule has 1 saturated heterocycles. The SMILES string of the molecule is Cc1c(C(=O)COC(=O)c2ccc(N3CCCC3=O)cc2)sc2ccccc12. The second-order valence-electron chi connectivity index (χ2n) is 6.75. The summed E-state index contributed by atoms with van der Waals surface area (Å²) >= 11 is 1.42. The van der Waals surface area contributed by atoms with E-state index in [9.17, 15) is 14.4 Å². The van der Waals surface area contributed by atoms with Crippen LogP contribution in [0, 0.1) is 6.92 Å². The number of ether oxygens (including phenoxy) is 1. The quantitative estimate of drug-likeness (QED) is 0.477. The number of carbonyl (C=O) groups is 3. The third-order valence-electron chi connectivity index (χ3n) is 4.92. The molecule has 2 heterocycles. The van der Waals surface area contributed by atoms with Crippen molar-refractivity contribution < 1.29 is 19.1 Å². The van der Waals surface area contributed by atoms with Crippen molar-refractivity contribution in [2.24, 2.45) is 0 Å². The summed E-state index contributed by atoms with van der Waals surface area (Å²) in [6.07, 6.45) is 1.41. The molecule has 1 amide bonds. The fraction of sp³-hybridized carbons (Fsp3) is 0.227. The highest BCUT2D eigenvalue weighted by molar-refractivity contribution is 7.21. The summed E-state index contributed by atoms with van der Waals surface area (Å²) in [4.78, 5) is 38.9. The van der Waals surface area contributed by atoms with Gasteiger partial charge in [0.2, 0.25) is 11.7 Å². The van der Waals surface area contributed by atoms with Gasteiger partial charge in [-0.25, -0.2) is 4.79 Å². The van der Waals surface area contributed by atoms with Crippen molar-refractivity contribution in [1.29, 1.82) is 0 Å². The molecule has 0 radical (unpaired) electrons. The third kappa shape index (κ3) is 3.43. The van der Waals surface area contributed by atoms with Crippen molar-refractivity contribution in [3.63, 3.8) is 0 Å². The number of Topliss-reactive ketones (excluding diaryl/α,β-unsaturated/α-hetero) is 1. The number of nitrogens with zero attached hydrogens (tertiary/aromatic N) is 1. The highest BCUT2D eigenvalue weighted by Crippen LogP contribution is 2.31. The Morgan fingerprint density at radius 2 is 1.86 bits per heavy atom. The van der Waals surface area contributed by atoms with Crippen molar-refractivity contribution in [3.8, 4) is 0 Å². The zero-order valence-corrected chi connectivity index (χ0v) is 16.3. The number of carbonyl (C=O) groups excluding carboxylic acids is 3. The monoisotopic (exact) mass is 393 g/mol. The molecule has 28 heavy (non-hydrogen) atoms. The van der Waals surface area contributed by atoms with Gasteiger partial charge >= 0.3 is 5.97 Å². The molecule has 6 heteroatoms. The van der Waals surface area contributed by atoms with Crippen molar-refractivity contribution in [3.05, 3.63) is 64.5 Å². The number of anilines is 1. The van der Waals surface area contributed by atoms with E-state index in [0.717, 1.165) is 27.8 Å². The topological polar surface area (TPSA) is 63.7 Å². The number of thiophene rings is 1. The Labute approximate surface area is 166 Å². The van der Waals surface area contributed by atoms with Crippen LogP contribution in [-0.2, 0) is 9.53 Å². The van der Waals surface area contributed by atoms with Gasteiger partial charge in [-0.15, -0.1) is 11.3 Å². The number of rotatable bonds is 5.